The van der Waals surface area contributed by atoms with Crippen molar-refractivity contribution in [3.8, 4) is 17.5 Å². The van der Waals surface area contributed by atoms with Gasteiger partial charge in [0, 0.05) is 36.0 Å². The van der Waals surface area contributed by atoms with Gasteiger partial charge in [-0.05, 0) is 49.7 Å². The van der Waals surface area contributed by atoms with Crippen molar-refractivity contribution in [3.05, 3.63) is 59.6 Å². The number of ether oxygens (including phenoxy) is 1. The van der Waals surface area contributed by atoms with Gasteiger partial charge in [0.2, 0.25) is 5.91 Å². The Morgan fingerprint density at radius 3 is 2.62 bits per heavy atom. The normalized spacial score (nSPS) is 10.7. The molecule has 0 aliphatic heterocycles. The number of carbonyl (C=O) groups is 1. The lowest BCUT2D eigenvalue weighted by Crippen LogP contribution is -2.32. The van der Waals surface area contributed by atoms with Gasteiger partial charge in [-0.2, -0.15) is 5.26 Å². The number of thioether (sulfide) groups is 1. The van der Waals surface area contributed by atoms with Crippen LogP contribution in [-0.4, -0.2) is 46.2 Å². The quantitative estimate of drug-likeness (QED) is 0.230. The van der Waals surface area contributed by atoms with Crippen LogP contribution < -0.4 is 4.90 Å². The van der Waals surface area contributed by atoms with Gasteiger partial charge in [-0.1, -0.05) is 41.6 Å². The molecule has 0 atom stereocenters. The molecule has 0 spiro atoms. The number of nitrogens with zero attached hydrogens (tertiary/aromatic N) is 5. The zero-order chi connectivity index (χ0) is 22.8. The molecule has 1 aromatic heterocycles. The van der Waals surface area contributed by atoms with E-state index in [2.05, 4.69) is 16.3 Å². The summed E-state index contributed by atoms with van der Waals surface area (Å²) in [5.74, 6) is 0.686. The van der Waals surface area contributed by atoms with Gasteiger partial charge in [-0.3, -0.25) is 9.69 Å². The number of amides is 1. The van der Waals surface area contributed by atoms with Crippen molar-refractivity contribution in [2.75, 3.05) is 30.4 Å². The number of anilines is 1. The minimum Gasteiger partial charge on any atom is -0.382 e. The van der Waals surface area contributed by atoms with Crippen LogP contribution in [0.3, 0.4) is 0 Å². The predicted octanol–water partition coefficient (Wildman–Crippen LogP) is 4.67. The maximum atomic E-state index is 12.9. The third-order valence-electron chi connectivity index (χ3n) is 4.62. The van der Waals surface area contributed by atoms with Crippen LogP contribution in [-0.2, 0) is 16.1 Å². The molecule has 3 rings (SSSR count). The standard InChI is InChI=1S/C23H24ClN5O2S/c1-2-31-16-6-14-29-22(18-9-11-19(24)12-10-18)26-27-23(29)32-17-21(30)28(15-13-25)20-7-4-3-5-8-20/h3-5,7-12H,2,6,14-17H2,1H3. The lowest BCUT2D eigenvalue weighted by atomic mass is 10.2. The van der Waals surface area contributed by atoms with Crippen LogP contribution >= 0.6 is 23.4 Å². The summed E-state index contributed by atoms with van der Waals surface area (Å²) in [6.07, 6.45) is 0.790. The first kappa shape index (κ1) is 23.8. The van der Waals surface area contributed by atoms with Gasteiger partial charge in [0.05, 0.1) is 11.8 Å². The number of aromatic nitrogens is 3. The van der Waals surface area contributed by atoms with Crippen molar-refractivity contribution in [2.45, 2.75) is 25.0 Å². The van der Waals surface area contributed by atoms with Gasteiger partial charge >= 0.3 is 0 Å². The lowest BCUT2D eigenvalue weighted by molar-refractivity contribution is -0.116. The molecule has 1 amide bonds. The van der Waals surface area contributed by atoms with Crippen LogP contribution in [0.25, 0.3) is 11.4 Å². The monoisotopic (exact) mass is 469 g/mol. The summed E-state index contributed by atoms with van der Waals surface area (Å²) in [6.45, 7) is 3.89. The van der Waals surface area contributed by atoms with Crippen LogP contribution in [0, 0.1) is 11.3 Å². The molecule has 0 radical (unpaired) electrons. The number of hydrogen-bond acceptors (Lipinski definition) is 6. The van der Waals surface area contributed by atoms with Crippen molar-refractivity contribution in [1.29, 1.82) is 5.26 Å². The highest BCUT2D eigenvalue weighted by Gasteiger charge is 2.19. The molecule has 2 aromatic carbocycles. The molecular formula is C23H24ClN5O2S. The Balaban J connectivity index is 1.78. The predicted molar refractivity (Wildman–Crippen MR) is 127 cm³/mol. The summed E-state index contributed by atoms with van der Waals surface area (Å²) < 4.78 is 7.47. The van der Waals surface area contributed by atoms with Gasteiger partial charge < -0.3 is 9.30 Å². The first-order valence-corrected chi connectivity index (χ1v) is 11.6. The molecule has 0 aliphatic carbocycles. The number of para-hydroxylation sites is 1. The van der Waals surface area contributed by atoms with Crippen molar-refractivity contribution < 1.29 is 9.53 Å². The number of hydrogen-bond donors (Lipinski definition) is 0. The third kappa shape index (κ3) is 6.33. The molecule has 0 unspecified atom stereocenters. The van der Waals surface area contributed by atoms with Gasteiger partial charge in [0.1, 0.15) is 6.54 Å². The van der Waals surface area contributed by atoms with Crippen molar-refractivity contribution in [1.82, 2.24) is 14.8 Å². The van der Waals surface area contributed by atoms with E-state index < -0.39 is 0 Å². The van der Waals surface area contributed by atoms with E-state index in [1.165, 1.54) is 16.7 Å². The molecule has 9 heteroatoms. The Morgan fingerprint density at radius 2 is 1.94 bits per heavy atom. The Bertz CT molecular complexity index is 1050. The van der Waals surface area contributed by atoms with E-state index in [9.17, 15) is 4.79 Å². The summed E-state index contributed by atoms with van der Waals surface area (Å²) in [5.41, 5.74) is 1.59. The first-order chi connectivity index (χ1) is 15.6. The number of nitriles is 1. The molecule has 0 bridgehead atoms. The Morgan fingerprint density at radius 1 is 1.19 bits per heavy atom. The van der Waals surface area contributed by atoms with Crippen molar-refractivity contribution in [3.63, 3.8) is 0 Å². The molecule has 0 fully saturated rings. The molecule has 0 N–H and O–H groups in total. The molecule has 0 saturated carbocycles. The smallest absolute Gasteiger partial charge is 0.238 e. The van der Waals surface area contributed by atoms with Crippen molar-refractivity contribution >= 4 is 35.0 Å². The average molecular weight is 470 g/mol. The number of carbonyl (C=O) groups excluding carboxylic acids is 1. The van der Waals surface area contributed by atoms with E-state index in [-0.39, 0.29) is 18.2 Å². The fourth-order valence-electron chi connectivity index (χ4n) is 3.08. The summed E-state index contributed by atoms with van der Waals surface area (Å²) in [7, 11) is 0. The minimum atomic E-state index is -0.167. The third-order valence-corrected chi connectivity index (χ3v) is 5.82. The zero-order valence-electron chi connectivity index (χ0n) is 17.8. The topological polar surface area (TPSA) is 84.0 Å². The summed E-state index contributed by atoms with van der Waals surface area (Å²) in [4.78, 5) is 14.4. The van der Waals surface area contributed by atoms with E-state index in [4.69, 9.17) is 21.6 Å². The van der Waals surface area contributed by atoms with Crippen molar-refractivity contribution in [2.24, 2.45) is 0 Å². The largest absolute Gasteiger partial charge is 0.382 e. The van der Waals surface area contributed by atoms with Crippen LogP contribution in [0.5, 0.6) is 0 Å². The highest BCUT2D eigenvalue weighted by Crippen LogP contribution is 2.26. The van der Waals surface area contributed by atoms with E-state index >= 15 is 0 Å². The maximum absolute atomic E-state index is 12.9. The van der Waals surface area contributed by atoms with Gasteiger partial charge in [-0.15, -0.1) is 10.2 Å². The highest BCUT2D eigenvalue weighted by molar-refractivity contribution is 7.99. The van der Waals surface area contributed by atoms with Crippen LogP contribution in [0.2, 0.25) is 5.02 Å². The average Bonchev–Trinajstić information content (AvgIpc) is 3.22. The number of halogens is 1. The second-order valence-corrected chi connectivity index (χ2v) is 8.16. The van der Waals surface area contributed by atoms with Crippen LogP contribution in [0.1, 0.15) is 13.3 Å². The Labute approximate surface area is 197 Å². The van der Waals surface area contributed by atoms with E-state index in [0.717, 1.165) is 12.0 Å². The second-order valence-electron chi connectivity index (χ2n) is 6.78. The Hall–Kier alpha value is -2.86. The minimum absolute atomic E-state index is 0.0134. The fraction of sp³-hybridized carbons (Fsp3) is 0.304. The van der Waals surface area contributed by atoms with Gasteiger partial charge in [-0.25, -0.2) is 0 Å². The van der Waals surface area contributed by atoms with E-state index in [1.807, 2.05) is 66.1 Å². The molecule has 0 saturated heterocycles. The first-order valence-electron chi connectivity index (χ1n) is 10.3. The fourth-order valence-corrected chi connectivity index (χ4v) is 4.05. The van der Waals surface area contributed by atoms with E-state index in [0.29, 0.717) is 41.4 Å². The molecule has 166 valence electrons. The molecule has 7 nitrogen and oxygen atoms in total. The van der Waals surface area contributed by atoms with E-state index in [1.54, 1.807) is 0 Å². The molecule has 1 heterocycles. The number of rotatable bonds is 11. The molecular weight excluding hydrogens is 446 g/mol. The van der Waals surface area contributed by atoms with Gasteiger partial charge in [0.25, 0.3) is 0 Å². The Kier molecular flexibility index (Phi) is 9.11. The summed E-state index contributed by atoms with van der Waals surface area (Å²) in [6, 6.07) is 18.7. The molecule has 0 aliphatic rings. The SMILES string of the molecule is CCOCCCn1c(SCC(=O)N(CC#N)c2ccccc2)nnc1-c1ccc(Cl)cc1. The lowest BCUT2D eigenvalue weighted by Gasteiger charge is -2.19. The maximum Gasteiger partial charge on any atom is 0.238 e. The zero-order valence-corrected chi connectivity index (χ0v) is 19.3. The molecule has 32 heavy (non-hydrogen) atoms. The summed E-state index contributed by atoms with van der Waals surface area (Å²) >= 11 is 7.33. The molecule has 3 aromatic rings. The second kappa shape index (κ2) is 12.2. The highest BCUT2D eigenvalue weighted by atomic mass is 35.5. The van der Waals surface area contributed by atoms with Crippen LogP contribution in [0.4, 0.5) is 5.69 Å². The van der Waals surface area contributed by atoms with Gasteiger partial charge in [0.15, 0.2) is 11.0 Å². The van der Waals surface area contributed by atoms with Crippen LogP contribution in [0.15, 0.2) is 59.8 Å². The number of benzene rings is 2. The summed E-state index contributed by atoms with van der Waals surface area (Å²) in [5, 5.41) is 19.2.